The van der Waals surface area contributed by atoms with Crippen LogP contribution < -0.4 is 0 Å². The Labute approximate surface area is 170 Å². The molecule has 0 amide bonds. The predicted octanol–water partition coefficient (Wildman–Crippen LogP) is 6.04. The minimum absolute atomic E-state index is 0. The van der Waals surface area contributed by atoms with Gasteiger partial charge in [0.25, 0.3) is 0 Å². The summed E-state index contributed by atoms with van der Waals surface area (Å²) in [5.74, 6) is 1.84. The molecule has 0 heterocycles. The van der Waals surface area contributed by atoms with Crippen LogP contribution in [-0.2, 0) is 17.9 Å². The second-order valence-corrected chi connectivity index (χ2v) is 24.5. The van der Waals surface area contributed by atoms with Gasteiger partial charge in [-0.25, -0.2) is 0 Å². The van der Waals surface area contributed by atoms with Gasteiger partial charge in [-0.3, -0.25) is 0 Å². The van der Waals surface area contributed by atoms with E-state index in [4.69, 9.17) is 0 Å². The van der Waals surface area contributed by atoms with Crippen LogP contribution in [0.1, 0.15) is 12.8 Å². The Bertz CT molecular complexity index is 494. The van der Waals surface area contributed by atoms with Gasteiger partial charge in [0.15, 0.2) is 0 Å². The molecule has 4 heteroatoms. The second kappa shape index (κ2) is 10.0. The van der Waals surface area contributed by atoms with Crippen molar-refractivity contribution < 1.29 is 17.9 Å². The second-order valence-electron chi connectivity index (χ2n) is 9.73. The van der Waals surface area contributed by atoms with Gasteiger partial charge in [-0.1, -0.05) is 62.8 Å². The fourth-order valence-corrected chi connectivity index (χ4v) is 10.5. The molecule has 0 aromatic rings. The normalized spacial score (nSPS) is 24.6. The van der Waals surface area contributed by atoms with E-state index in [0.29, 0.717) is 0 Å². The van der Waals surface area contributed by atoms with Gasteiger partial charge in [-0.2, -0.15) is 0 Å². The third-order valence-corrected chi connectivity index (χ3v) is 13.3. The molecule has 143 valence electrons. The zero-order valence-corrected chi connectivity index (χ0v) is 20.9. The van der Waals surface area contributed by atoms with E-state index in [-0.39, 0.29) is 11.0 Å². The molecule has 0 bridgehead atoms. The van der Waals surface area contributed by atoms with Crippen LogP contribution in [0.25, 0.3) is 0 Å². The van der Waals surface area contributed by atoms with Crippen LogP contribution in [0.5, 0.6) is 0 Å². The molecule has 0 saturated heterocycles. The first-order chi connectivity index (χ1) is 10.9. The molecule has 2 rings (SSSR count). The molecule has 0 spiro atoms. The molecule has 3 atom stereocenters. The van der Waals surface area contributed by atoms with Crippen LogP contribution in [-0.4, -0.2) is 27.1 Å². The summed E-state index contributed by atoms with van der Waals surface area (Å²) in [6, 6.07) is 0. The van der Waals surface area contributed by atoms with Crippen LogP contribution in [0.3, 0.4) is 0 Å². The summed E-state index contributed by atoms with van der Waals surface area (Å²) in [5.41, 5.74) is 0. The Balaban J connectivity index is 0.000000443. The van der Waals surface area contributed by atoms with Crippen LogP contribution >= 0.6 is 0 Å². The van der Waals surface area contributed by atoms with Gasteiger partial charge in [0, 0.05) is 0 Å². The van der Waals surface area contributed by atoms with E-state index in [0.717, 1.165) is 16.1 Å². The molecule has 0 aromatic heterocycles. The van der Waals surface area contributed by atoms with Crippen molar-refractivity contribution in [3.8, 4) is 0 Å². The molecule has 0 N–H and O–H groups in total. The molecule has 3 unspecified atom stereocenters. The summed E-state index contributed by atoms with van der Waals surface area (Å²) in [6.45, 7) is 22.4. The summed E-state index contributed by atoms with van der Waals surface area (Å²) >= 11 is -0.654. The van der Waals surface area contributed by atoms with E-state index in [2.05, 4.69) is 87.2 Å². The van der Waals surface area contributed by atoms with Gasteiger partial charge in [0.1, 0.15) is 0 Å². The van der Waals surface area contributed by atoms with E-state index < -0.39 is 34.0 Å². The monoisotopic (exact) mass is 427 g/mol. The summed E-state index contributed by atoms with van der Waals surface area (Å²) < 4.78 is 1.11. The van der Waals surface area contributed by atoms with Gasteiger partial charge < -0.3 is 0 Å². The Hall–Kier alpha value is 0.325. The van der Waals surface area contributed by atoms with Crippen molar-refractivity contribution in [3.05, 3.63) is 47.9 Å². The summed E-state index contributed by atoms with van der Waals surface area (Å²) in [6.07, 6.45) is 12.3. The smallest absolute Gasteiger partial charge is 0.0149 e. The van der Waals surface area contributed by atoms with Crippen LogP contribution in [0.2, 0.25) is 54.0 Å². The van der Waals surface area contributed by atoms with Crippen LogP contribution in [0.15, 0.2) is 47.9 Å². The zero-order chi connectivity index (χ0) is 18.7. The number of hydrogen-bond acceptors (Lipinski definition) is 0. The fraction of sp³-hybridized carbons (Fsp3) is 0.619. The van der Waals surface area contributed by atoms with Crippen molar-refractivity contribution in [2.45, 2.75) is 66.8 Å². The molecule has 0 radical (unpaired) electrons. The van der Waals surface area contributed by atoms with E-state index in [9.17, 15) is 0 Å². The summed E-state index contributed by atoms with van der Waals surface area (Å²) in [5, 5.41) is 7.78. The zero-order valence-electron chi connectivity index (χ0n) is 17.4. The molecule has 0 aromatic carbocycles. The Morgan fingerprint density at radius 1 is 0.840 bits per heavy atom. The Morgan fingerprint density at radius 3 is 1.68 bits per heavy atom. The first-order valence-electron chi connectivity index (χ1n) is 9.40. The van der Waals surface area contributed by atoms with Gasteiger partial charge in [-0.15, -0.1) is 0 Å². The number of fused-ring (bicyclic) bond motifs is 1. The first-order valence-corrected chi connectivity index (χ1v) is 20.4. The fourth-order valence-electron chi connectivity index (χ4n) is 3.53. The SMILES string of the molecule is C=C(C(=C)[Si](C)(C)C)[Si](C)(C)C.[CH3][Ti]([CH3])[CH]1CCC2C=CC=CC21.[SiH4]. The number of hydrogen-bond donors (Lipinski definition) is 0. The quantitative estimate of drug-likeness (QED) is 0.379. The van der Waals surface area contributed by atoms with E-state index >= 15 is 0 Å². The van der Waals surface area contributed by atoms with Crippen molar-refractivity contribution >= 4 is 27.1 Å². The maximum atomic E-state index is 4.19. The summed E-state index contributed by atoms with van der Waals surface area (Å²) in [7, 11) is -2.39. The molecular formula is C21H43Si3Ti. The predicted molar refractivity (Wildman–Crippen MR) is 126 cm³/mol. The Morgan fingerprint density at radius 2 is 1.28 bits per heavy atom. The van der Waals surface area contributed by atoms with Crippen LogP contribution in [0, 0.1) is 11.8 Å². The Kier molecular flexibility index (Phi) is 10.2. The largest absolute Gasteiger partial charge is 0.0149 e. The number of allylic oxidation sites excluding steroid dienone is 6. The standard InChI is InChI=1S/C10H22Si2.C9H11.2CH3.H4Si.Ti/c1-9(11(3,4)5)10(2)12(6,7)8;1-2-5-9-7-3-6-8(9)4-1;;;;/h1-2H2,3-8H3;1-2,4-6,8-9H,3,7H2;2*1H3;1H4;. The molecule has 0 aliphatic heterocycles. The average molecular weight is 428 g/mol. The van der Waals surface area contributed by atoms with Gasteiger partial charge in [-0.05, 0) is 11.0 Å². The van der Waals surface area contributed by atoms with Gasteiger partial charge >= 0.3 is 81.5 Å². The molecule has 0 nitrogen and oxygen atoms in total. The topological polar surface area (TPSA) is 0 Å². The maximum absolute atomic E-state index is 4.19. The number of rotatable bonds is 4. The molecule has 2 aliphatic rings. The van der Waals surface area contributed by atoms with Crippen molar-refractivity contribution in [2.24, 2.45) is 11.8 Å². The van der Waals surface area contributed by atoms with Crippen molar-refractivity contribution in [3.63, 3.8) is 0 Å². The molecular weight excluding hydrogens is 384 g/mol. The minimum Gasteiger partial charge on any atom is -0.0149 e. The van der Waals surface area contributed by atoms with Gasteiger partial charge in [0.2, 0.25) is 0 Å². The van der Waals surface area contributed by atoms with Crippen LogP contribution in [0.4, 0.5) is 0 Å². The average Bonchev–Trinajstić information content (AvgIpc) is 2.88. The van der Waals surface area contributed by atoms with Crippen molar-refractivity contribution in [1.29, 1.82) is 0 Å². The molecule has 25 heavy (non-hydrogen) atoms. The third-order valence-electron chi connectivity index (χ3n) is 5.49. The van der Waals surface area contributed by atoms with E-state index in [1.54, 1.807) is 0 Å². The molecule has 2 aliphatic carbocycles. The molecule has 1 fully saturated rings. The first kappa shape index (κ1) is 25.3. The summed E-state index contributed by atoms with van der Waals surface area (Å²) in [4.78, 5) is 0. The van der Waals surface area contributed by atoms with E-state index in [1.165, 1.54) is 23.2 Å². The van der Waals surface area contributed by atoms with E-state index in [1.807, 2.05) is 0 Å². The molecule has 1 saturated carbocycles. The van der Waals surface area contributed by atoms with Gasteiger partial charge in [0.05, 0.1) is 16.1 Å². The van der Waals surface area contributed by atoms with Crippen molar-refractivity contribution in [2.75, 3.05) is 0 Å². The minimum atomic E-state index is -1.19. The maximum Gasteiger partial charge on any atom is -0.0149 e. The van der Waals surface area contributed by atoms with Crippen molar-refractivity contribution in [1.82, 2.24) is 0 Å². The third kappa shape index (κ3) is 7.46.